The molecule has 0 saturated carbocycles. The van der Waals surface area contributed by atoms with Gasteiger partial charge in [-0.15, -0.1) is 0 Å². The predicted molar refractivity (Wildman–Crippen MR) is 110 cm³/mol. The molecule has 2 heterocycles. The fourth-order valence-electron chi connectivity index (χ4n) is 3.92. The fourth-order valence-corrected chi connectivity index (χ4v) is 5.98. The number of aromatic nitrogens is 2. The summed E-state index contributed by atoms with van der Waals surface area (Å²) < 4.78 is 27.3. The Bertz CT molecular complexity index is 1160. The standard InChI is InChI=1S/C19H21ClN4O3S/c1-11-14(6-7-17-18(11)19(21)23-22-17)15-5-4-13(9-16(15)20)28(26,27)24-8-2-3-12(24)10-25/h4-7,9,12,25H,2-3,8,10H2,1H3,(H3,21,22,23). The van der Waals surface area contributed by atoms with E-state index in [-0.39, 0.29) is 17.5 Å². The number of anilines is 1. The van der Waals surface area contributed by atoms with Crippen molar-refractivity contribution in [3.05, 3.63) is 40.9 Å². The molecule has 1 fully saturated rings. The number of aromatic amines is 1. The summed E-state index contributed by atoms with van der Waals surface area (Å²) in [5.74, 6) is 0.411. The molecule has 0 bridgehead atoms. The number of aliphatic hydroxyl groups excluding tert-OH is 1. The van der Waals surface area contributed by atoms with Crippen LogP contribution in [-0.2, 0) is 10.0 Å². The number of nitrogens with two attached hydrogens (primary N) is 1. The zero-order valence-electron chi connectivity index (χ0n) is 15.3. The molecular weight excluding hydrogens is 400 g/mol. The Labute approximate surface area is 168 Å². The maximum Gasteiger partial charge on any atom is 0.243 e. The Morgan fingerprint density at radius 3 is 2.79 bits per heavy atom. The highest BCUT2D eigenvalue weighted by atomic mass is 35.5. The van der Waals surface area contributed by atoms with Gasteiger partial charge in [-0.2, -0.15) is 9.40 Å². The number of aliphatic hydroxyl groups is 1. The van der Waals surface area contributed by atoms with Crippen LogP contribution in [0.1, 0.15) is 18.4 Å². The van der Waals surface area contributed by atoms with Crippen LogP contribution in [0.25, 0.3) is 22.0 Å². The van der Waals surface area contributed by atoms with Gasteiger partial charge in [0, 0.05) is 28.6 Å². The molecule has 4 rings (SSSR count). The molecule has 0 spiro atoms. The molecule has 0 amide bonds. The SMILES string of the molecule is Cc1c(-c2ccc(S(=O)(=O)N3CCCC3CO)cc2Cl)ccc2[nH]nc(N)c12. The van der Waals surface area contributed by atoms with Crippen molar-refractivity contribution >= 4 is 38.3 Å². The quantitative estimate of drug-likeness (QED) is 0.600. The summed E-state index contributed by atoms with van der Waals surface area (Å²) in [6.07, 6.45) is 1.40. The second-order valence-corrected chi connectivity index (χ2v) is 9.30. The lowest BCUT2D eigenvalue weighted by Crippen LogP contribution is -2.37. The van der Waals surface area contributed by atoms with Gasteiger partial charge in [0.1, 0.15) is 0 Å². The van der Waals surface area contributed by atoms with Crippen molar-refractivity contribution in [1.29, 1.82) is 0 Å². The number of H-pyrrole nitrogens is 1. The minimum absolute atomic E-state index is 0.128. The lowest BCUT2D eigenvalue weighted by atomic mass is 9.97. The van der Waals surface area contributed by atoms with Crippen LogP contribution in [0.4, 0.5) is 5.82 Å². The Morgan fingerprint density at radius 2 is 2.07 bits per heavy atom. The van der Waals surface area contributed by atoms with Crippen LogP contribution in [-0.4, -0.2) is 47.2 Å². The second kappa shape index (κ2) is 7.04. The third kappa shape index (κ3) is 2.97. The molecule has 2 aromatic carbocycles. The zero-order valence-corrected chi connectivity index (χ0v) is 16.9. The fraction of sp³-hybridized carbons (Fsp3) is 0.316. The minimum atomic E-state index is -3.71. The lowest BCUT2D eigenvalue weighted by molar-refractivity contribution is 0.213. The summed E-state index contributed by atoms with van der Waals surface area (Å²) in [6.45, 7) is 2.15. The van der Waals surface area contributed by atoms with E-state index in [9.17, 15) is 13.5 Å². The molecule has 0 aliphatic carbocycles. The van der Waals surface area contributed by atoms with Crippen LogP contribution in [0.3, 0.4) is 0 Å². The molecule has 1 aliphatic heterocycles. The van der Waals surface area contributed by atoms with Crippen molar-refractivity contribution in [2.75, 3.05) is 18.9 Å². The van der Waals surface area contributed by atoms with E-state index in [2.05, 4.69) is 10.2 Å². The average Bonchev–Trinajstić information content (AvgIpc) is 3.30. The number of nitrogens with one attached hydrogen (secondary N) is 1. The number of rotatable bonds is 4. The van der Waals surface area contributed by atoms with Crippen LogP contribution in [0.2, 0.25) is 5.02 Å². The van der Waals surface area contributed by atoms with Gasteiger partial charge in [0.05, 0.1) is 17.0 Å². The van der Waals surface area contributed by atoms with Crippen LogP contribution >= 0.6 is 11.6 Å². The van der Waals surface area contributed by atoms with E-state index in [1.807, 2.05) is 19.1 Å². The summed E-state index contributed by atoms with van der Waals surface area (Å²) in [6, 6.07) is 8.15. The first-order valence-electron chi connectivity index (χ1n) is 9.00. The molecular formula is C19H21ClN4O3S. The molecule has 4 N–H and O–H groups in total. The van der Waals surface area contributed by atoms with Gasteiger partial charge in [-0.3, -0.25) is 5.10 Å². The van der Waals surface area contributed by atoms with E-state index < -0.39 is 10.0 Å². The highest BCUT2D eigenvalue weighted by Crippen LogP contribution is 2.37. The van der Waals surface area contributed by atoms with Crippen molar-refractivity contribution in [3.63, 3.8) is 0 Å². The molecule has 1 atom stereocenters. The van der Waals surface area contributed by atoms with E-state index in [0.717, 1.165) is 34.0 Å². The highest BCUT2D eigenvalue weighted by molar-refractivity contribution is 7.89. The van der Waals surface area contributed by atoms with Crippen molar-refractivity contribution in [2.45, 2.75) is 30.7 Å². The predicted octanol–water partition coefficient (Wildman–Crippen LogP) is 2.92. The molecule has 28 heavy (non-hydrogen) atoms. The van der Waals surface area contributed by atoms with Crippen molar-refractivity contribution in [1.82, 2.24) is 14.5 Å². The number of benzene rings is 2. The normalized spacial score (nSPS) is 18.2. The number of hydrogen-bond donors (Lipinski definition) is 3. The van der Waals surface area contributed by atoms with E-state index in [1.165, 1.54) is 10.4 Å². The average molecular weight is 421 g/mol. The van der Waals surface area contributed by atoms with Gasteiger partial charge in [-0.05, 0) is 49.1 Å². The first kappa shape index (κ1) is 19.2. The van der Waals surface area contributed by atoms with Gasteiger partial charge in [0.2, 0.25) is 10.0 Å². The second-order valence-electron chi connectivity index (χ2n) is 7.01. The largest absolute Gasteiger partial charge is 0.395 e. The topological polar surface area (TPSA) is 112 Å². The van der Waals surface area contributed by atoms with E-state index in [1.54, 1.807) is 12.1 Å². The maximum atomic E-state index is 13.0. The Hall–Kier alpha value is -2.13. The lowest BCUT2D eigenvalue weighted by Gasteiger charge is -2.22. The Morgan fingerprint density at radius 1 is 1.32 bits per heavy atom. The van der Waals surface area contributed by atoms with Crippen LogP contribution in [0.15, 0.2) is 35.2 Å². The number of halogens is 1. The molecule has 7 nitrogen and oxygen atoms in total. The highest BCUT2D eigenvalue weighted by Gasteiger charge is 2.35. The molecule has 9 heteroatoms. The zero-order chi connectivity index (χ0) is 20.1. The summed E-state index contributed by atoms with van der Waals surface area (Å²) in [4.78, 5) is 0.128. The van der Waals surface area contributed by atoms with Gasteiger partial charge < -0.3 is 10.8 Å². The number of sulfonamides is 1. The maximum absolute atomic E-state index is 13.0. The van der Waals surface area contributed by atoms with Gasteiger partial charge in [-0.25, -0.2) is 8.42 Å². The number of hydrogen-bond acceptors (Lipinski definition) is 5. The monoisotopic (exact) mass is 420 g/mol. The number of aryl methyl sites for hydroxylation is 1. The van der Waals surface area contributed by atoms with Crippen LogP contribution in [0.5, 0.6) is 0 Å². The first-order valence-corrected chi connectivity index (χ1v) is 10.8. The van der Waals surface area contributed by atoms with Crippen LogP contribution < -0.4 is 5.73 Å². The molecule has 1 unspecified atom stereocenters. The molecule has 1 saturated heterocycles. The van der Waals surface area contributed by atoms with Gasteiger partial charge in [-0.1, -0.05) is 23.7 Å². The van der Waals surface area contributed by atoms with Crippen LogP contribution in [0, 0.1) is 6.92 Å². The molecule has 148 valence electrons. The van der Waals surface area contributed by atoms with Crippen molar-refractivity contribution in [2.24, 2.45) is 0 Å². The third-order valence-corrected chi connectivity index (χ3v) is 7.65. The van der Waals surface area contributed by atoms with Gasteiger partial charge >= 0.3 is 0 Å². The number of fused-ring (bicyclic) bond motifs is 1. The summed E-state index contributed by atoms with van der Waals surface area (Å²) >= 11 is 6.50. The van der Waals surface area contributed by atoms with Gasteiger partial charge in [0.15, 0.2) is 5.82 Å². The Kier molecular flexibility index (Phi) is 4.83. The minimum Gasteiger partial charge on any atom is -0.395 e. The summed E-state index contributed by atoms with van der Waals surface area (Å²) in [5, 5.41) is 17.5. The molecule has 1 aromatic heterocycles. The summed E-state index contributed by atoms with van der Waals surface area (Å²) in [7, 11) is -3.71. The first-order chi connectivity index (χ1) is 13.3. The third-order valence-electron chi connectivity index (χ3n) is 5.39. The molecule has 0 radical (unpaired) electrons. The smallest absolute Gasteiger partial charge is 0.243 e. The number of nitrogen functional groups attached to an aromatic ring is 1. The van der Waals surface area contributed by atoms with E-state index in [0.29, 0.717) is 23.8 Å². The molecule has 1 aliphatic rings. The van der Waals surface area contributed by atoms with Crippen molar-refractivity contribution < 1.29 is 13.5 Å². The number of nitrogens with zero attached hydrogens (tertiary/aromatic N) is 2. The Balaban J connectivity index is 1.77. The molecule has 3 aromatic rings. The van der Waals surface area contributed by atoms with Crippen molar-refractivity contribution in [3.8, 4) is 11.1 Å². The van der Waals surface area contributed by atoms with E-state index in [4.69, 9.17) is 17.3 Å². The summed E-state index contributed by atoms with van der Waals surface area (Å²) in [5.41, 5.74) is 9.30. The van der Waals surface area contributed by atoms with E-state index >= 15 is 0 Å². The van der Waals surface area contributed by atoms with Gasteiger partial charge in [0.25, 0.3) is 0 Å².